The maximum atomic E-state index is 12.3. The number of aryl methyl sites for hydroxylation is 1. The summed E-state index contributed by atoms with van der Waals surface area (Å²) < 4.78 is 6.12. The first kappa shape index (κ1) is 18.8. The Morgan fingerprint density at radius 1 is 1.28 bits per heavy atom. The minimum absolute atomic E-state index is 0.0793. The number of benzene rings is 2. The molecule has 0 aliphatic rings. The molecule has 0 radical (unpaired) electrons. The summed E-state index contributed by atoms with van der Waals surface area (Å²) >= 11 is 9.33. The van der Waals surface area contributed by atoms with E-state index in [-0.39, 0.29) is 5.57 Å². The van der Waals surface area contributed by atoms with Crippen molar-refractivity contribution in [2.24, 2.45) is 0 Å². The van der Waals surface area contributed by atoms with Gasteiger partial charge in [-0.1, -0.05) is 27.5 Å². The van der Waals surface area contributed by atoms with E-state index < -0.39 is 5.91 Å². The van der Waals surface area contributed by atoms with Gasteiger partial charge in [0.2, 0.25) is 0 Å². The molecule has 0 atom stereocenters. The number of carbonyl (C=O) groups is 1. The summed E-state index contributed by atoms with van der Waals surface area (Å²) in [6.45, 7) is 1.92. The zero-order chi connectivity index (χ0) is 18.4. The Hall–Kier alpha value is -2.49. The number of nitrogens with zero attached hydrogens (tertiary/aromatic N) is 1. The summed E-state index contributed by atoms with van der Waals surface area (Å²) in [4.78, 5) is 12.3. The molecule has 25 heavy (non-hydrogen) atoms. The van der Waals surface area contributed by atoms with Crippen LogP contribution in [0.3, 0.4) is 0 Å². The van der Waals surface area contributed by atoms with E-state index in [2.05, 4.69) is 26.6 Å². The van der Waals surface area contributed by atoms with Crippen molar-refractivity contribution in [3.05, 3.63) is 63.2 Å². The molecule has 1 amide bonds. The third-order valence-electron chi connectivity index (χ3n) is 3.34. The molecular weight excluding hydrogens is 406 g/mol. The maximum Gasteiger partial charge on any atom is 0.267 e. The number of ether oxygens (including phenoxy) is 1. The summed E-state index contributed by atoms with van der Waals surface area (Å²) in [6, 6.07) is 12.4. The molecule has 0 aliphatic heterocycles. The lowest BCUT2D eigenvalue weighted by molar-refractivity contribution is -0.112. The van der Waals surface area contributed by atoms with Crippen LogP contribution in [-0.4, -0.2) is 13.0 Å². The second-order valence-corrected chi connectivity index (χ2v) is 6.42. The summed E-state index contributed by atoms with van der Waals surface area (Å²) in [5.41, 5.74) is 2.08. The Bertz CT molecular complexity index is 875. The van der Waals surface area contributed by atoms with Crippen LogP contribution >= 0.6 is 27.5 Å². The average molecular weight is 421 g/mol. The van der Waals surface area contributed by atoms with E-state index in [0.29, 0.717) is 16.5 Å². The largest absolute Gasteiger partial charge is 0.495 e. The van der Waals surface area contributed by atoms with Crippen molar-refractivity contribution in [3.63, 3.8) is 0 Å². The molecule has 2 aromatic carbocycles. The predicted molar refractivity (Wildman–Crippen MR) is 103 cm³/mol. The van der Waals surface area contributed by atoms with Gasteiger partial charge in [0.05, 0.1) is 12.8 Å². The van der Waals surface area contributed by atoms with Crippen molar-refractivity contribution in [1.82, 2.24) is 0 Å². The van der Waals surface area contributed by atoms with Gasteiger partial charge < -0.3 is 15.4 Å². The Labute approximate surface area is 159 Å². The van der Waals surface area contributed by atoms with Crippen molar-refractivity contribution in [3.8, 4) is 11.8 Å². The molecule has 2 aromatic rings. The number of hydrogen-bond acceptors (Lipinski definition) is 4. The first-order valence-electron chi connectivity index (χ1n) is 7.22. The van der Waals surface area contributed by atoms with Gasteiger partial charge in [-0.25, -0.2) is 0 Å². The Kier molecular flexibility index (Phi) is 6.45. The van der Waals surface area contributed by atoms with E-state index in [1.54, 1.807) is 18.2 Å². The van der Waals surface area contributed by atoms with Crippen molar-refractivity contribution in [2.45, 2.75) is 6.92 Å². The van der Waals surface area contributed by atoms with E-state index in [9.17, 15) is 10.1 Å². The number of halogens is 2. The van der Waals surface area contributed by atoms with Crippen LogP contribution in [0.4, 0.5) is 11.4 Å². The molecule has 0 saturated carbocycles. The van der Waals surface area contributed by atoms with E-state index >= 15 is 0 Å². The van der Waals surface area contributed by atoms with Crippen LogP contribution in [0.15, 0.2) is 52.6 Å². The van der Waals surface area contributed by atoms with Gasteiger partial charge in [-0.15, -0.1) is 0 Å². The van der Waals surface area contributed by atoms with E-state index in [1.807, 2.05) is 31.2 Å². The van der Waals surface area contributed by atoms with Gasteiger partial charge in [-0.05, 0) is 48.9 Å². The molecule has 2 N–H and O–H groups in total. The standard InChI is InChI=1S/C18H15BrClN3O2/c1-11-7-13(19)3-5-15(11)22-10-12(9-21)18(24)23-16-8-14(20)4-6-17(16)25-2/h3-8,10,22H,1-2H3,(H,23,24)/b12-10-. The summed E-state index contributed by atoms with van der Waals surface area (Å²) in [5, 5.41) is 15.3. The zero-order valence-electron chi connectivity index (χ0n) is 13.6. The van der Waals surface area contributed by atoms with Gasteiger partial charge in [-0.2, -0.15) is 5.26 Å². The monoisotopic (exact) mass is 419 g/mol. The van der Waals surface area contributed by atoms with Crippen LogP contribution in [0.25, 0.3) is 0 Å². The second kappa shape index (κ2) is 8.56. The molecule has 0 aliphatic carbocycles. The molecule has 128 valence electrons. The molecule has 0 bridgehead atoms. The van der Waals surface area contributed by atoms with E-state index in [4.69, 9.17) is 16.3 Å². The van der Waals surface area contributed by atoms with Crippen molar-refractivity contribution in [1.29, 1.82) is 5.26 Å². The first-order chi connectivity index (χ1) is 11.9. The lowest BCUT2D eigenvalue weighted by Crippen LogP contribution is -2.15. The highest BCUT2D eigenvalue weighted by atomic mass is 79.9. The quantitative estimate of drug-likeness (QED) is 0.534. The predicted octanol–water partition coefficient (Wildman–Crippen LogP) is 4.88. The molecule has 2 rings (SSSR count). The minimum atomic E-state index is -0.565. The van der Waals surface area contributed by atoms with Crippen LogP contribution in [-0.2, 0) is 4.79 Å². The van der Waals surface area contributed by atoms with Crippen LogP contribution in [0.2, 0.25) is 5.02 Å². The molecule has 0 fully saturated rings. The first-order valence-corrected chi connectivity index (χ1v) is 8.39. The van der Waals surface area contributed by atoms with Gasteiger partial charge in [0.1, 0.15) is 17.4 Å². The highest BCUT2D eigenvalue weighted by molar-refractivity contribution is 9.10. The molecule has 7 heteroatoms. The van der Waals surface area contributed by atoms with Gasteiger partial charge in [0.25, 0.3) is 5.91 Å². The van der Waals surface area contributed by atoms with Crippen LogP contribution in [0.1, 0.15) is 5.56 Å². The molecule has 0 unspecified atom stereocenters. The maximum absolute atomic E-state index is 12.3. The van der Waals surface area contributed by atoms with Crippen molar-refractivity contribution < 1.29 is 9.53 Å². The Balaban J connectivity index is 2.18. The van der Waals surface area contributed by atoms with Crippen molar-refractivity contribution in [2.75, 3.05) is 17.7 Å². The lowest BCUT2D eigenvalue weighted by Gasteiger charge is -2.10. The SMILES string of the molecule is COc1ccc(Cl)cc1NC(=O)/C(C#N)=C\Nc1ccc(Br)cc1C. The molecule has 0 saturated heterocycles. The molecule has 0 spiro atoms. The molecule has 0 heterocycles. The van der Waals surface area contributed by atoms with Gasteiger partial charge >= 0.3 is 0 Å². The lowest BCUT2D eigenvalue weighted by atomic mass is 10.2. The number of hydrogen-bond donors (Lipinski definition) is 2. The normalized spacial score (nSPS) is 10.8. The van der Waals surface area contributed by atoms with E-state index in [0.717, 1.165) is 15.7 Å². The van der Waals surface area contributed by atoms with Crippen LogP contribution < -0.4 is 15.4 Å². The highest BCUT2D eigenvalue weighted by Crippen LogP contribution is 2.28. The van der Waals surface area contributed by atoms with Crippen LogP contribution in [0, 0.1) is 18.3 Å². The summed E-state index contributed by atoms with van der Waals surface area (Å²) in [5.74, 6) is -0.114. The molecule has 0 aromatic heterocycles. The second-order valence-electron chi connectivity index (χ2n) is 5.07. The van der Waals surface area contributed by atoms with Crippen molar-refractivity contribution >= 4 is 44.8 Å². The van der Waals surface area contributed by atoms with Gasteiger partial charge in [-0.3, -0.25) is 4.79 Å². The Morgan fingerprint density at radius 2 is 2.04 bits per heavy atom. The zero-order valence-corrected chi connectivity index (χ0v) is 15.9. The van der Waals surface area contributed by atoms with E-state index in [1.165, 1.54) is 13.3 Å². The highest BCUT2D eigenvalue weighted by Gasteiger charge is 2.13. The topological polar surface area (TPSA) is 74.1 Å². The van der Waals surface area contributed by atoms with Crippen LogP contribution in [0.5, 0.6) is 5.75 Å². The minimum Gasteiger partial charge on any atom is -0.495 e. The molecular formula is C18H15BrClN3O2. The third-order valence-corrected chi connectivity index (χ3v) is 4.06. The van der Waals surface area contributed by atoms with Gasteiger partial charge in [0, 0.05) is 21.4 Å². The number of rotatable bonds is 5. The smallest absolute Gasteiger partial charge is 0.267 e. The fourth-order valence-electron chi connectivity index (χ4n) is 2.06. The fourth-order valence-corrected chi connectivity index (χ4v) is 2.70. The number of amides is 1. The average Bonchev–Trinajstić information content (AvgIpc) is 2.57. The fraction of sp³-hybridized carbons (Fsp3) is 0.111. The number of carbonyl (C=O) groups excluding carboxylic acids is 1. The molecule has 5 nitrogen and oxygen atoms in total. The number of nitriles is 1. The number of nitrogens with one attached hydrogen (secondary N) is 2. The Morgan fingerprint density at radius 3 is 2.68 bits per heavy atom. The van der Waals surface area contributed by atoms with Gasteiger partial charge in [0.15, 0.2) is 0 Å². The summed E-state index contributed by atoms with van der Waals surface area (Å²) in [6.07, 6.45) is 1.36. The summed E-state index contributed by atoms with van der Waals surface area (Å²) in [7, 11) is 1.48. The number of methoxy groups -OCH3 is 1. The third kappa shape index (κ3) is 4.99. The number of anilines is 2.